The van der Waals surface area contributed by atoms with Crippen LogP contribution in [-0.4, -0.2) is 6.21 Å². The van der Waals surface area contributed by atoms with E-state index in [0.717, 1.165) is 12.8 Å². The van der Waals surface area contributed by atoms with Gasteiger partial charge < -0.3 is 0 Å². The molecule has 0 saturated carbocycles. The maximum Gasteiger partial charge on any atom is 0.0293 e. The molecule has 0 fully saturated rings. The van der Waals surface area contributed by atoms with Gasteiger partial charge in [0.1, 0.15) is 0 Å². The molecule has 1 rings (SSSR count). The molecular formula is C9H13N. The normalized spacial score (nSPS) is 17.8. The van der Waals surface area contributed by atoms with Gasteiger partial charge in [0.25, 0.3) is 0 Å². The highest BCUT2D eigenvalue weighted by Crippen LogP contribution is 2.11. The standard InChI is InChI=1S/C9H13N/c1-3-9-5-4-8(2)6-10-7-9/h4,6-7H,3,5H2,1-2H3. The zero-order valence-corrected chi connectivity index (χ0v) is 6.59. The van der Waals surface area contributed by atoms with Crippen LogP contribution in [0.2, 0.25) is 0 Å². The van der Waals surface area contributed by atoms with Gasteiger partial charge in [-0.15, -0.1) is 0 Å². The first kappa shape index (κ1) is 7.26. The van der Waals surface area contributed by atoms with Crippen LogP contribution in [0, 0.1) is 0 Å². The Morgan fingerprint density at radius 3 is 3.10 bits per heavy atom. The monoisotopic (exact) mass is 135 g/mol. The van der Waals surface area contributed by atoms with Crippen LogP contribution in [0.1, 0.15) is 26.7 Å². The van der Waals surface area contributed by atoms with E-state index in [4.69, 9.17) is 0 Å². The summed E-state index contributed by atoms with van der Waals surface area (Å²) in [5, 5.41) is 0. The van der Waals surface area contributed by atoms with Crippen LogP contribution < -0.4 is 0 Å². The van der Waals surface area contributed by atoms with Gasteiger partial charge in [0, 0.05) is 12.4 Å². The summed E-state index contributed by atoms with van der Waals surface area (Å²) >= 11 is 0. The second kappa shape index (κ2) is 3.35. The lowest BCUT2D eigenvalue weighted by atomic mass is 10.1. The van der Waals surface area contributed by atoms with Crippen LogP contribution >= 0.6 is 0 Å². The van der Waals surface area contributed by atoms with Gasteiger partial charge in [-0.05, 0) is 30.9 Å². The Bertz CT molecular complexity index is 194. The zero-order chi connectivity index (χ0) is 7.40. The summed E-state index contributed by atoms with van der Waals surface area (Å²) in [6.45, 7) is 4.24. The van der Waals surface area contributed by atoms with Crippen molar-refractivity contribution in [3.05, 3.63) is 23.4 Å². The van der Waals surface area contributed by atoms with Crippen molar-refractivity contribution in [3.8, 4) is 0 Å². The second-order valence-corrected chi connectivity index (χ2v) is 2.57. The lowest BCUT2D eigenvalue weighted by molar-refractivity contribution is 1.02. The van der Waals surface area contributed by atoms with Gasteiger partial charge in [-0.2, -0.15) is 0 Å². The van der Waals surface area contributed by atoms with E-state index in [1.54, 1.807) is 0 Å². The smallest absolute Gasteiger partial charge is 0.0293 e. The molecule has 1 nitrogen and oxygen atoms in total. The van der Waals surface area contributed by atoms with Crippen molar-refractivity contribution < 1.29 is 0 Å². The topological polar surface area (TPSA) is 12.4 Å². The van der Waals surface area contributed by atoms with E-state index >= 15 is 0 Å². The minimum atomic E-state index is 1.07. The number of hydrogen-bond donors (Lipinski definition) is 0. The average Bonchev–Trinajstić information content (AvgIpc) is 2.14. The van der Waals surface area contributed by atoms with Crippen molar-refractivity contribution in [2.24, 2.45) is 4.99 Å². The Balaban J connectivity index is 2.69. The summed E-state index contributed by atoms with van der Waals surface area (Å²) in [6.07, 6.45) is 8.27. The van der Waals surface area contributed by atoms with Crippen molar-refractivity contribution >= 4 is 6.21 Å². The second-order valence-electron chi connectivity index (χ2n) is 2.57. The zero-order valence-electron chi connectivity index (χ0n) is 6.59. The third-order valence-corrected chi connectivity index (χ3v) is 1.68. The summed E-state index contributed by atoms with van der Waals surface area (Å²) in [5.74, 6) is 0. The quantitative estimate of drug-likeness (QED) is 0.524. The molecule has 1 heterocycles. The summed E-state index contributed by atoms with van der Waals surface area (Å²) < 4.78 is 0. The number of aliphatic imine (C=N–C) groups is 1. The summed E-state index contributed by atoms with van der Waals surface area (Å²) in [5.41, 5.74) is 2.67. The van der Waals surface area contributed by atoms with Crippen molar-refractivity contribution in [3.63, 3.8) is 0 Å². The first-order chi connectivity index (χ1) is 4.83. The molecule has 0 aromatic rings. The Morgan fingerprint density at radius 2 is 2.40 bits per heavy atom. The lowest BCUT2D eigenvalue weighted by Crippen LogP contribution is -1.76. The number of rotatable bonds is 1. The third-order valence-electron chi connectivity index (χ3n) is 1.68. The van der Waals surface area contributed by atoms with Crippen LogP contribution in [0.15, 0.2) is 28.4 Å². The predicted molar refractivity (Wildman–Crippen MR) is 45.2 cm³/mol. The average molecular weight is 135 g/mol. The highest BCUT2D eigenvalue weighted by molar-refractivity contribution is 5.78. The number of hydrogen-bond acceptors (Lipinski definition) is 1. The molecule has 1 aliphatic heterocycles. The van der Waals surface area contributed by atoms with Gasteiger partial charge >= 0.3 is 0 Å². The molecule has 1 aliphatic rings. The fraction of sp³-hybridized carbons (Fsp3) is 0.444. The highest BCUT2D eigenvalue weighted by atomic mass is 14.7. The molecule has 0 radical (unpaired) electrons. The van der Waals surface area contributed by atoms with Gasteiger partial charge in [0.2, 0.25) is 0 Å². The molecule has 54 valence electrons. The van der Waals surface area contributed by atoms with E-state index in [1.165, 1.54) is 11.1 Å². The van der Waals surface area contributed by atoms with Crippen LogP contribution in [0.25, 0.3) is 0 Å². The van der Waals surface area contributed by atoms with Crippen LogP contribution in [0.3, 0.4) is 0 Å². The SMILES string of the molecule is CCC1=CN=CC(C)=CC1. The largest absolute Gasteiger partial charge is 0.265 e. The van der Waals surface area contributed by atoms with E-state index in [9.17, 15) is 0 Å². The van der Waals surface area contributed by atoms with Crippen molar-refractivity contribution in [1.29, 1.82) is 0 Å². The Hall–Kier alpha value is -0.850. The highest BCUT2D eigenvalue weighted by Gasteiger charge is 1.93. The summed E-state index contributed by atoms with van der Waals surface area (Å²) in [6, 6.07) is 0. The molecule has 0 aromatic heterocycles. The Morgan fingerprint density at radius 1 is 1.60 bits per heavy atom. The minimum Gasteiger partial charge on any atom is -0.265 e. The molecule has 0 aromatic carbocycles. The summed E-state index contributed by atoms with van der Waals surface area (Å²) in [4.78, 5) is 4.15. The molecule has 0 spiro atoms. The minimum absolute atomic E-state index is 1.07. The van der Waals surface area contributed by atoms with Gasteiger partial charge in [-0.3, -0.25) is 4.99 Å². The molecule has 0 aliphatic carbocycles. The van der Waals surface area contributed by atoms with Crippen molar-refractivity contribution in [1.82, 2.24) is 0 Å². The van der Waals surface area contributed by atoms with Crippen molar-refractivity contribution in [2.75, 3.05) is 0 Å². The Kier molecular flexibility index (Phi) is 2.43. The molecule has 10 heavy (non-hydrogen) atoms. The number of allylic oxidation sites excluding steroid dienone is 3. The third kappa shape index (κ3) is 1.83. The fourth-order valence-electron chi connectivity index (χ4n) is 0.893. The Labute approximate surface area is 62.2 Å². The summed E-state index contributed by atoms with van der Waals surface area (Å²) in [7, 11) is 0. The van der Waals surface area contributed by atoms with E-state index < -0.39 is 0 Å². The van der Waals surface area contributed by atoms with Crippen LogP contribution in [0.4, 0.5) is 0 Å². The van der Waals surface area contributed by atoms with Crippen molar-refractivity contribution in [2.45, 2.75) is 26.7 Å². The van der Waals surface area contributed by atoms with E-state index in [0.29, 0.717) is 0 Å². The molecule has 0 amide bonds. The molecule has 0 atom stereocenters. The van der Waals surface area contributed by atoms with Crippen LogP contribution in [-0.2, 0) is 0 Å². The van der Waals surface area contributed by atoms with Gasteiger partial charge in [0.05, 0.1) is 0 Å². The maximum atomic E-state index is 4.15. The van der Waals surface area contributed by atoms with Crippen LogP contribution in [0.5, 0.6) is 0 Å². The van der Waals surface area contributed by atoms with E-state index in [-0.39, 0.29) is 0 Å². The molecule has 0 bridgehead atoms. The molecule has 0 saturated heterocycles. The molecule has 1 heteroatoms. The first-order valence-electron chi connectivity index (χ1n) is 3.70. The maximum absolute atomic E-state index is 4.15. The van der Waals surface area contributed by atoms with E-state index in [2.05, 4.69) is 24.9 Å². The van der Waals surface area contributed by atoms with Gasteiger partial charge in [-0.1, -0.05) is 13.0 Å². The van der Waals surface area contributed by atoms with Gasteiger partial charge in [-0.25, -0.2) is 0 Å². The fourth-order valence-corrected chi connectivity index (χ4v) is 0.893. The molecule has 0 unspecified atom stereocenters. The van der Waals surface area contributed by atoms with Gasteiger partial charge in [0.15, 0.2) is 0 Å². The number of nitrogens with zero attached hydrogens (tertiary/aromatic N) is 1. The predicted octanol–water partition coefficient (Wildman–Crippen LogP) is 2.70. The lowest BCUT2D eigenvalue weighted by Gasteiger charge is -1.94. The van der Waals surface area contributed by atoms with E-state index in [1.807, 2.05) is 12.4 Å². The first-order valence-corrected chi connectivity index (χ1v) is 3.70. The molecular weight excluding hydrogens is 122 g/mol. The molecule has 0 N–H and O–H groups in total.